The Morgan fingerprint density at radius 3 is 2.53 bits per heavy atom. The normalized spacial score (nSPS) is 16.7. The highest BCUT2D eigenvalue weighted by molar-refractivity contribution is 7.10. The van der Waals surface area contributed by atoms with Crippen LogP contribution >= 0.6 is 11.3 Å². The largest absolute Gasteiger partial charge is 0.486 e. The minimum atomic E-state index is -0.906. The molecule has 1 aromatic heterocycles. The number of likely N-dealkylation sites (tertiary alicyclic amines) is 1. The van der Waals surface area contributed by atoms with Crippen LogP contribution in [-0.2, 0) is 14.3 Å². The second kappa shape index (κ2) is 9.85. The molecule has 1 amide bonds. The quantitative estimate of drug-likeness (QED) is 0.499. The van der Waals surface area contributed by atoms with Gasteiger partial charge in [-0.15, -0.1) is 11.3 Å². The maximum absolute atomic E-state index is 13.2. The van der Waals surface area contributed by atoms with Crippen molar-refractivity contribution in [1.82, 2.24) is 9.88 Å². The van der Waals surface area contributed by atoms with Gasteiger partial charge in [-0.25, -0.2) is 4.98 Å². The van der Waals surface area contributed by atoms with Gasteiger partial charge in [0.05, 0.1) is 10.7 Å². The number of thiazole rings is 1. The number of carbonyl (C=O) groups is 2. The smallest absolute Gasteiger partial charge is 0.303 e. The molecule has 1 unspecified atom stereocenters. The summed E-state index contributed by atoms with van der Waals surface area (Å²) in [7, 11) is 0. The Morgan fingerprint density at radius 2 is 1.79 bits per heavy atom. The van der Waals surface area contributed by atoms with E-state index in [0.717, 1.165) is 40.6 Å². The Balaban J connectivity index is 1.24. The Labute approximate surface area is 202 Å². The molecule has 2 aliphatic rings. The van der Waals surface area contributed by atoms with Gasteiger partial charge in [0.1, 0.15) is 13.2 Å². The average Bonchev–Trinajstić information content (AvgIpc) is 3.37. The van der Waals surface area contributed by atoms with Crippen molar-refractivity contribution >= 4 is 23.2 Å². The van der Waals surface area contributed by atoms with Crippen molar-refractivity contribution in [1.29, 1.82) is 0 Å². The lowest BCUT2D eigenvalue weighted by atomic mass is 9.96. The van der Waals surface area contributed by atoms with Crippen LogP contribution < -0.4 is 9.47 Å². The molecule has 7 nitrogen and oxygen atoms in total. The highest BCUT2D eigenvalue weighted by Gasteiger charge is 2.32. The molecule has 0 bridgehead atoms. The first kappa shape index (κ1) is 22.4. The third kappa shape index (κ3) is 4.77. The van der Waals surface area contributed by atoms with Crippen LogP contribution in [-0.4, -0.2) is 48.1 Å². The summed E-state index contributed by atoms with van der Waals surface area (Å²) in [6.45, 7) is 3.66. The number of ether oxygens (including phenoxy) is 3. The number of aromatic nitrogens is 1. The Hall–Kier alpha value is -3.39. The van der Waals surface area contributed by atoms with Gasteiger partial charge in [0.25, 0.3) is 5.91 Å². The van der Waals surface area contributed by atoms with E-state index >= 15 is 0 Å². The van der Waals surface area contributed by atoms with Gasteiger partial charge in [-0.3, -0.25) is 9.59 Å². The third-order valence-electron chi connectivity index (χ3n) is 6.13. The van der Waals surface area contributed by atoms with Crippen LogP contribution in [0.2, 0.25) is 0 Å². The van der Waals surface area contributed by atoms with Gasteiger partial charge in [0.2, 0.25) is 6.10 Å². The molecule has 34 heavy (non-hydrogen) atoms. The van der Waals surface area contributed by atoms with Crippen LogP contribution in [0, 0.1) is 0 Å². The summed E-state index contributed by atoms with van der Waals surface area (Å²) in [5.74, 6) is 1.18. The van der Waals surface area contributed by atoms with E-state index in [1.165, 1.54) is 6.92 Å². The number of fused-ring (bicyclic) bond motifs is 1. The molecular formula is C26H26N2O5S. The summed E-state index contributed by atoms with van der Waals surface area (Å²) in [4.78, 5) is 31.5. The van der Waals surface area contributed by atoms with Crippen molar-refractivity contribution in [2.24, 2.45) is 0 Å². The fraction of sp³-hybridized carbons (Fsp3) is 0.346. The fourth-order valence-corrected chi connectivity index (χ4v) is 5.38. The molecule has 3 heterocycles. The van der Waals surface area contributed by atoms with Crippen molar-refractivity contribution in [3.8, 4) is 22.8 Å². The second-order valence-electron chi connectivity index (χ2n) is 8.43. The van der Waals surface area contributed by atoms with Crippen LogP contribution in [0.15, 0.2) is 53.9 Å². The standard InChI is InChI=1S/C26H26N2O5S/c1-17(29)33-24(18-5-3-2-4-6-18)26(30)28-11-9-19(10-12-28)25-27-21(16-34-25)20-7-8-22-23(15-20)32-14-13-31-22/h2-8,15-16,19,24H,9-14H2,1H3. The van der Waals surface area contributed by atoms with E-state index in [4.69, 9.17) is 19.2 Å². The molecule has 2 aromatic carbocycles. The van der Waals surface area contributed by atoms with Gasteiger partial charge >= 0.3 is 5.97 Å². The van der Waals surface area contributed by atoms with E-state index in [2.05, 4.69) is 5.38 Å². The van der Waals surface area contributed by atoms with E-state index in [1.807, 2.05) is 48.5 Å². The summed E-state index contributed by atoms with van der Waals surface area (Å²) in [6, 6.07) is 15.1. The molecule has 5 rings (SSSR count). The molecule has 1 saturated heterocycles. The SMILES string of the molecule is CC(=O)OC(C(=O)N1CCC(c2nc(-c3ccc4c(c3)OCCO4)cs2)CC1)c1ccccc1. The maximum atomic E-state index is 13.2. The first-order chi connectivity index (χ1) is 16.6. The number of rotatable bonds is 5. The van der Waals surface area contributed by atoms with E-state index in [0.29, 0.717) is 37.8 Å². The second-order valence-corrected chi connectivity index (χ2v) is 9.32. The number of carbonyl (C=O) groups excluding carboxylic acids is 2. The zero-order chi connectivity index (χ0) is 23.5. The van der Waals surface area contributed by atoms with Crippen LogP contribution in [0.4, 0.5) is 0 Å². The molecule has 176 valence electrons. The molecule has 0 aliphatic carbocycles. The van der Waals surface area contributed by atoms with Gasteiger partial charge in [-0.1, -0.05) is 30.3 Å². The molecule has 0 saturated carbocycles. The minimum Gasteiger partial charge on any atom is -0.486 e. The summed E-state index contributed by atoms with van der Waals surface area (Å²) in [6.07, 6.45) is 0.736. The average molecular weight is 479 g/mol. The molecule has 1 fully saturated rings. The number of nitrogens with zero attached hydrogens (tertiary/aromatic N) is 2. The van der Waals surface area contributed by atoms with Gasteiger partial charge < -0.3 is 19.1 Å². The van der Waals surface area contributed by atoms with E-state index < -0.39 is 12.1 Å². The molecule has 0 radical (unpaired) electrons. The summed E-state index contributed by atoms with van der Waals surface area (Å²) in [5, 5.41) is 3.15. The molecular weight excluding hydrogens is 452 g/mol. The highest BCUT2D eigenvalue weighted by atomic mass is 32.1. The van der Waals surface area contributed by atoms with Gasteiger partial charge in [-0.05, 0) is 31.0 Å². The molecule has 3 aromatic rings. The number of hydrogen-bond donors (Lipinski definition) is 0. The van der Waals surface area contributed by atoms with E-state index in [1.54, 1.807) is 16.2 Å². The Bertz CT molecular complexity index is 1170. The van der Waals surface area contributed by atoms with Crippen molar-refractivity contribution in [3.63, 3.8) is 0 Å². The van der Waals surface area contributed by atoms with Crippen molar-refractivity contribution < 1.29 is 23.8 Å². The lowest BCUT2D eigenvalue weighted by Crippen LogP contribution is -2.41. The van der Waals surface area contributed by atoms with Crippen LogP contribution in [0.25, 0.3) is 11.3 Å². The number of esters is 1. The minimum absolute atomic E-state index is 0.170. The van der Waals surface area contributed by atoms with Crippen LogP contribution in [0.1, 0.15) is 42.4 Å². The van der Waals surface area contributed by atoms with Gasteiger partial charge in [0.15, 0.2) is 11.5 Å². The predicted octanol–water partition coefficient (Wildman–Crippen LogP) is 4.59. The first-order valence-electron chi connectivity index (χ1n) is 11.4. The zero-order valence-electron chi connectivity index (χ0n) is 18.9. The molecule has 1 atom stereocenters. The Kier molecular flexibility index (Phi) is 6.49. The topological polar surface area (TPSA) is 78.0 Å². The number of hydrogen-bond acceptors (Lipinski definition) is 7. The Morgan fingerprint density at radius 1 is 1.06 bits per heavy atom. The lowest BCUT2D eigenvalue weighted by molar-refractivity contribution is -0.159. The maximum Gasteiger partial charge on any atom is 0.303 e. The molecule has 2 aliphatic heterocycles. The summed E-state index contributed by atoms with van der Waals surface area (Å²) < 4.78 is 16.7. The number of amides is 1. The van der Waals surface area contributed by atoms with Crippen molar-refractivity contribution in [2.75, 3.05) is 26.3 Å². The fourth-order valence-electron chi connectivity index (χ4n) is 4.38. The van der Waals surface area contributed by atoms with Crippen molar-refractivity contribution in [3.05, 3.63) is 64.5 Å². The lowest BCUT2D eigenvalue weighted by Gasteiger charge is -2.33. The van der Waals surface area contributed by atoms with Crippen molar-refractivity contribution in [2.45, 2.75) is 31.8 Å². The summed E-state index contributed by atoms with van der Waals surface area (Å²) >= 11 is 1.65. The van der Waals surface area contributed by atoms with Gasteiger partial charge in [-0.2, -0.15) is 0 Å². The predicted molar refractivity (Wildman–Crippen MR) is 128 cm³/mol. The number of benzene rings is 2. The summed E-state index contributed by atoms with van der Waals surface area (Å²) in [5.41, 5.74) is 2.62. The van der Waals surface area contributed by atoms with Gasteiger partial charge in [0, 0.05) is 42.4 Å². The van der Waals surface area contributed by atoms with E-state index in [-0.39, 0.29) is 5.91 Å². The molecule has 8 heteroatoms. The van der Waals surface area contributed by atoms with Crippen LogP contribution in [0.3, 0.4) is 0 Å². The first-order valence-corrected chi connectivity index (χ1v) is 12.3. The third-order valence-corrected chi connectivity index (χ3v) is 7.13. The van der Waals surface area contributed by atoms with Crippen LogP contribution in [0.5, 0.6) is 11.5 Å². The monoisotopic (exact) mass is 478 g/mol. The van der Waals surface area contributed by atoms with E-state index in [9.17, 15) is 9.59 Å². The number of piperidine rings is 1. The molecule has 0 N–H and O–H groups in total. The highest BCUT2D eigenvalue weighted by Crippen LogP contribution is 2.37. The molecule has 0 spiro atoms. The zero-order valence-corrected chi connectivity index (χ0v) is 19.8.